The molecule has 0 fully saturated rings. The van der Waals surface area contributed by atoms with Crippen LogP contribution in [-0.2, 0) is 10.0 Å². The lowest BCUT2D eigenvalue weighted by atomic mass is 10.0. The maximum Gasteiger partial charge on any atom is 0.240 e. The molecule has 2 atom stereocenters. The summed E-state index contributed by atoms with van der Waals surface area (Å²) in [6, 6.07) is 25.9. The second-order valence-electron chi connectivity index (χ2n) is 6.62. The maximum atomic E-state index is 12.8. The fourth-order valence-corrected chi connectivity index (χ4v) is 4.23. The molecule has 0 aliphatic rings. The molecular formula is C22H24N2O2S. The van der Waals surface area contributed by atoms with Crippen molar-refractivity contribution in [1.29, 1.82) is 0 Å². The molecule has 0 spiro atoms. The van der Waals surface area contributed by atoms with Gasteiger partial charge in [0, 0.05) is 11.7 Å². The van der Waals surface area contributed by atoms with E-state index in [0.29, 0.717) is 0 Å². The van der Waals surface area contributed by atoms with Crippen LogP contribution < -0.4 is 10.0 Å². The number of hydrogen-bond acceptors (Lipinski definition) is 3. The first-order chi connectivity index (χ1) is 13.0. The van der Waals surface area contributed by atoms with Gasteiger partial charge >= 0.3 is 0 Å². The predicted molar refractivity (Wildman–Crippen MR) is 110 cm³/mol. The van der Waals surface area contributed by atoms with Crippen molar-refractivity contribution >= 4 is 15.7 Å². The van der Waals surface area contributed by atoms with E-state index < -0.39 is 10.0 Å². The normalized spacial score (nSPS) is 13.7. The lowest BCUT2D eigenvalue weighted by molar-refractivity contribution is 0.532. The van der Waals surface area contributed by atoms with E-state index in [0.717, 1.165) is 16.8 Å². The molecule has 0 saturated heterocycles. The zero-order chi connectivity index (χ0) is 19.3. The Morgan fingerprint density at radius 3 is 1.93 bits per heavy atom. The molecule has 5 heteroatoms. The third-order valence-electron chi connectivity index (χ3n) is 4.43. The quantitative estimate of drug-likeness (QED) is 0.634. The molecule has 0 radical (unpaired) electrons. The molecule has 140 valence electrons. The van der Waals surface area contributed by atoms with Crippen LogP contribution >= 0.6 is 0 Å². The fraction of sp³-hybridized carbons (Fsp3) is 0.182. The topological polar surface area (TPSA) is 58.2 Å². The third-order valence-corrected chi connectivity index (χ3v) is 6.00. The first-order valence-corrected chi connectivity index (χ1v) is 10.4. The Morgan fingerprint density at radius 2 is 1.33 bits per heavy atom. The van der Waals surface area contributed by atoms with Gasteiger partial charge in [0.15, 0.2) is 0 Å². The molecule has 3 aromatic carbocycles. The summed E-state index contributed by atoms with van der Waals surface area (Å²) in [5.41, 5.74) is 2.98. The minimum absolute atomic E-state index is 0.214. The minimum Gasteiger partial charge on any atom is -0.377 e. The largest absolute Gasteiger partial charge is 0.377 e. The lowest BCUT2D eigenvalue weighted by Crippen LogP contribution is -2.39. The number of para-hydroxylation sites is 1. The van der Waals surface area contributed by atoms with Crippen molar-refractivity contribution in [3.63, 3.8) is 0 Å². The highest BCUT2D eigenvalue weighted by Gasteiger charge is 2.25. The van der Waals surface area contributed by atoms with Crippen LogP contribution in [0.1, 0.15) is 24.1 Å². The Labute approximate surface area is 161 Å². The van der Waals surface area contributed by atoms with Crippen LogP contribution in [0.15, 0.2) is 89.8 Å². The Balaban J connectivity index is 1.86. The van der Waals surface area contributed by atoms with Crippen molar-refractivity contribution < 1.29 is 8.42 Å². The highest BCUT2D eigenvalue weighted by Crippen LogP contribution is 2.24. The van der Waals surface area contributed by atoms with Crippen molar-refractivity contribution in [3.05, 3.63) is 96.1 Å². The van der Waals surface area contributed by atoms with E-state index in [1.165, 1.54) is 0 Å². The first kappa shape index (κ1) is 19.1. The molecule has 0 aliphatic heterocycles. The molecule has 0 heterocycles. The van der Waals surface area contributed by atoms with E-state index in [4.69, 9.17) is 0 Å². The Bertz CT molecular complexity index is 956. The molecule has 3 aromatic rings. The molecule has 0 aliphatic carbocycles. The number of rotatable bonds is 7. The van der Waals surface area contributed by atoms with E-state index >= 15 is 0 Å². The molecule has 27 heavy (non-hydrogen) atoms. The van der Waals surface area contributed by atoms with Gasteiger partial charge < -0.3 is 5.32 Å². The summed E-state index contributed by atoms with van der Waals surface area (Å²) < 4.78 is 28.4. The monoisotopic (exact) mass is 380 g/mol. The van der Waals surface area contributed by atoms with Gasteiger partial charge in [-0.2, -0.15) is 0 Å². The van der Waals surface area contributed by atoms with Gasteiger partial charge in [0.1, 0.15) is 0 Å². The summed E-state index contributed by atoms with van der Waals surface area (Å²) in [5.74, 6) is 0. The summed E-state index contributed by atoms with van der Waals surface area (Å²) in [6.07, 6.45) is 0. The van der Waals surface area contributed by atoms with Crippen molar-refractivity contribution in [2.75, 3.05) is 5.32 Å². The Morgan fingerprint density at radius 1 is 0.778 bits per heavy atom. The maximum absolute atomic E-state index is 12.8. The molecular weight excluding hydrogens is 356 g/mol. The van der Waals surface area contributed by atoms with Gasteiger partial charge in [-0.05, 0) is 43.7 Å². The van der Waals surface area contributed by atoms with Crippen LogP contribution in [-0.4, -0.2) is 14.5 Å². The molecule has 0 saturated carbocycles. The van der Waals surface area contributed by atoms with Crippen LogP contribution in [0.5, 0.6) is 0 Å². The second kappa shape index (κ2) is 8.37. The van der Waals surface area contributed by atoms with Gasteiger partial charge in [0.2, 0.25) is 10.0 Å². The number of anilines is 1. The molecule has 0 aromatic heterocycles. The lowest BCUT2D eigenvalue weighted by Gasteiger charge is -2.27. The highest BCUT2D eigenvalue weighted by molar-refractivity contribution is 7.89. The molecule has 2 unspecified atom stereocenters. The number of sulfonamides is 1. The predicted octanol–water partition coefficient (Wildman–Crippen LogP) is 4.52. The molecule has 2 N–H and O–H groups in total. The van der Waals surface area contributed by atoms with Crippen LogP contribution in [0.25, 0.3) is 0 Å². The average Bonchev–Trinajstić information content (AvgIpc) is 2.67. The molecule has 3 rings (SSSR count). The van der Waals surface area contributed by atoms with Crippen molar-refractivity contribution in [1.82, 2.24) is 4.72 Å². The summed E-state index contributed by atoms with van der Waals surface area (Å²) in [4.78, 5) is 0.270. The van der Waals surface area contributed by atoms with Crippen molar-refractivity contribution in [2.45, 2.75) is 30.8 Å². The number of nitrogens with one attached hydrogen (secondary N) is 2. The summed E-state index contributed by atoms with van der Waals surface area (Å²) in [6.45, 7) is 3.81. The summed E-state index contributed by atoms with van der Waals surface area (Å²) in [5, 5.41) is 3.45. The minimum atomic E-state index is -3.61. The second-order valence-corrected chi connectivity index (χ2v) is 8.34. The Hall–Kier alpha value is -2.63. The van der Waals surface area contributed by atoms with E-state index in [1.807, 2.05) is 74.5 Å². The van der Waals surface area contributed by atoms with E-state index in [9.17, 15) is 8.42 Å². The van der Waals surface area contributed by atoms with Gasteiger partial charge in [-0.25, -0.2) is 13.1 Å². The first-order valence-electron chi connectivity index (χ1n) is 8.91. The van der Waals surface area contributed by atoms with Gasteiger partial charge in [0.25, 0.3) is 0 Å². The fourth-order valence-electron chi connectivity index (χ4n) is 2.97. The number of benzene rings is 3. The van der Waals surface area contributed by atoms with Crippen LogP contribution in [0, 0.1) is 6.92 Å². The molecule has 4 nitrogen and oxygen atoms in total. The average molecular weight is 381 g/mol. The van der Waals surface area contributed by atoms with Gasteiger partial charge in [-0.3, -0.25) is 0 Å². The highest BCUT2D eigenvalue weighted by atomic mass is 32.2. The molecule has 0 bridgehead atoms. The van der Waals surface area contributed by atoms with E-state index in [-0.39, 0.29) is 17.0 Å². The molecule has 0 amide bonds. The summed E-state index contributed by atoms with van der Waals surface area (Å²) >= 11 is 0. The van der Waals surface area contributed by atoms with Gasteiger partial charge in [-0.15, -0.1) is 0 Å². The van der Waals surface area contributed by atoms with Gasteiger partial charge in [-0.1, -0.05) is 66.2 Å². The van der Waals surface area contributed by atoms with Crippen LogP contribution in [0.2, 0.25) is 0 Å². The summed E-state index contributed by atoms with van der Waals surface area (Å²) in [7, 11) is -3.61. The number of aryl methyl sites for hydroxylation is 1. The standard InChI is InChI=1S/C22H24N2O2S/c1-17-13-15-21(16-14-17)27(25,26)24-18(2)22(19-9-5-3-6-10-19)23-20-11-7-4-8-12-20/h3-16,18,22-24H,1-2H3. The number of hydrogen-bond donors (Lipinski definition) is 2. The van der Waals surface area contributed by atoms with Gasteiger partial charge in [0.05, 0.1) is 10.9 Å². The van der Waals surface area contributed by atoms with Crippen LogP contribution in [0.3, 0.4) is 0 Å². The smallest absolute Gasteiger partial charge is 0.240 e. The van der Waals surface area contributed by atoms with Crippen molar-refractivity contribution in [2.24, 2.45) is 0 Å². The SMILES string of the molecule is Cc1ccc(S(=O)(=O)NC(C)C(Nc2ccccc2)c2ccccc2)cc1. The van der Waals surface area contributed by atoms with Crippen LogP contribution in [0.4, 0.5) is 5.69 Å². The van der Waals surface area contributed by atoms with E-state index in [2.05, 4.69) is 10.0 Å². The Kier molecular flexibility index (Phi) is 5.94. The zero-order valence-corrected chi connectivity index (χ0v) is 16.3. The third kappa shape index (κ3) is 4.96. The van der Waals surface area contributed by atoms with Crippen molar-refractivity contribution in [3.8, 4) is 0 Å². The van der Waals surface area contributed by atoms with E-state index in [1.54, 1.807) is 24.3 Å². The zero-order valence-electron chi connectivity index (χ0n) is 15.5.